The van der Waals surface area contributed by atoms with E-state index in [0.29, 0.717) is 12.7 Å². The molecule has 0 amide bonds. The molecular weight excluding hydrogens is 290 g/mol. The fourth-order valence-corrected chi connectivity index (χ4v) is 2.80. The summed E-state index contributed by atoms with van der Waals surface area (Å²) >= 11 is 0. The molecule has 1 unspecified atom stereocenters. The van der Waals surface area contributed by atoms with E-state index in [-0.39, 0.29) is 6.61 Å². The second-order valence-corrected chi connectivity index (χ2v) is 5.89. The minimum absolute atomic E-state index is 0.0356. The van der Waals surface area contributed by atoms with Crippen LogP contribution in [0.3, 0.4) is 0 Å². The van der Waals surface area contributed by atoms with Gasteiger partial charge in [0.25, 0.3) is 0 Å². The molecule has 0 radical (unpaired) electrons. The summed E-state index contributed by atoms with van der Waals surface area (Å²) in [5.41, 5.74) is 3.80. The normalized spacial score (nSPS) is 16.0. The highest BCUT2D eigenvalue weighted by atomic mass is 16.5. The quantitative estimate of drug-likeness (QED) is 0.825. The molecule has 2 N–H and O–H groups in total. The lowest BCUT2D eigenvalue weighted by Crippen LogP contribution is -2.12. The van der Waals surface area contributed by atoms with Crippen molar-refractivity contribution in [1.29, 1.82) is 0 Å². The summed E-state index contributed by atoms with van der Waals surface area (Å²) in [5.74, 6) is 1.82. The predicted molar refractivity (Wildman–Crippen MR) is 89.8 cm³/mol. The van der Waals surface area contributed by atoms with Gasteiger partial charge in [-0.25, -0.2) is 0 Å². The van der Waals surface area contributed by atoms with Crippen LogP contribution in [0, 0.1) is 0 Å². The molecule has 1 atom stereocenters. The van der Waals surface area contributed by atoms with E-state index in [0.717, 1.165) is 31.0 Å². The number of hydrogen-bond acceptors (Lipinski definition) is 4. The average Bonchev–Trinajstić information content (AvgIpc) is 2.93. The molecule has 23 heavy (non-hydrogen) atoms. The zero-order chi connectivity index (χ0) is 16.1. The van der Waals surface area contributed by atoms with E-state index in [2.05, 4.69) is 30.4 Å². The maximum Gasteiger partial charge on any atom is 0.123 e. The molecule has 2 aromatic rings. The van der Waals surface area contributed by atoms with Crippen LogP contribution < -0.4 is 14.8 Å². The molecule has 4 heteroatoms. The number of aliphatic hydroxyl groups is 1. The Morgan fingerprint density at radius 1 is 1.13 bits per heavy atom. The zero-order valence-electron chi connectivity index (χ0n) is 13.4. The van der Waals surface area contributed by atoms with Gasteiger partial charge in [0.05, 0.1) is 6.61 Å². The second-order valence-electron chi connectivity index (χ2n) is 5.89. The summed E-state index contributed by atoms with van der Waals surface area (Å²) in [7, 11) is 0. The fraction of sp³-hybridized carbons (Fsp3) is 0.368. The number of rotatable bonds is 7. The van der Waals surface area contributed by atoms with Crippen LogP contribution >= 0.6 is 0 Å². The largest absolute Gasteiger partial charge is 0.491 e. The standard InChI is InChI=1S/C19H23NO3/c1-14-10-17-11-16(4-7-19(17)23-14)13-20-12-15-2-5-18(6-3-15)22-9-8-21/h2-7,11,14,20-21H,8-10,12-13H2,1H3. The molecule has 0 saturated heterocycles. The first-order valence-electron chi connectivity index (χ1n) is 8.06. The molecule has 0 aromatic heterocycles. The van der Waals surface area contributed by atoms with Gasteiger partial charge in [0.2, 0.25) is 0 Å². The molecular formula is C19H23NO3. The van der Waals surface area contributed by atoms with E-state index in [1.54, 1.807) is 0 Å². The molecule has 3 rings (SSSR count). The van der Waals surface area contributed by atoms with Crippen LogP contribution in [0.5, 0.6) is 11.5 Å². The SMILES string of the molecule is CC1Cc2cc(CNCc3ccc(OCCO)cc3)ccc2O1. The van der Waals surface area contributed by atoms with Gasteiger partial charge in [-0.2, -0.15) is 0 Å². The van der Waals surface area contributed by atoms with E-state index < -0.39 is 0 Å². The van der Waals surface area contributed by atoms with Gasteiger partial charge < -0.3 is 19.9 Å². The summed E-state index contributed by atoms with van der Waals surface area (Å²) in [4.78, 5) is 0. The van der Waals surface area contributed by atoms with Crippen molar-refractivity contribution < 1.29 is 14.6 Å². The first-order valence-corrected chi connectivity index (χ1v) is 8.06. The van der Waals surface area contributed by atoms with Crippen LogP contribution in [0.15, 0.2) is 42.5 Å². The van der Waals surface area contributed by atoms with Crippen molar-refractivity contribution in [1.82, 2.24) is 5.32 Å². The van der Waals surface area contributed by atoms with Crippen molar-refractivity contribution in [3.05, 3.63) is 59.2 Å². The number of benzene rings is 2. The molecule has 0 spiro atoms. The molecule has 2 aromatic carbocycles. The van der Waals surface area contributed by atoms with Gasteiger partial charge in [-0.3, -0.25) is 0 Å². The lowest BCUT2D eigenvalue weighted by molar-refractivity contribution is 0.201. The van der Waals surface area contributed by atoms with E-state index in [1.807, 2.05) is 24.3 Å². The van der Waals surface area contributed by atoms with Gasteiger partial charge >= 0.3 is 0 Å². The number of hydrogen-bond donors (Lipinski definition) is 2. The van der Waals surface area contributed by atoms with Crippen molar-refractivity contribution in [3.8, 4) is 11.5 Å². The highest BCUT2D eigenvalue weighted by Gasteiger charge is 2.18. The van der Waals surface area contributed by atoms with Crippen LogP contribution in [-0.2, 0) is 19.5 Å². The predicted octanol–water partition coefficient (Wildman–Crippen LogP) is 2.67. The summed E-state index contributed by atoms with van der Waals surface area (Å²) in [6.45, 7) is 4.12. The zero-order valence-corrected chi connectivity index (χ0v) is 13.4. The van der Waals surface area contributed by atoms with Crippen LogP contribution in [0.1, 0.15) is 23.6 Å². The van der Waals surface area contributed by atoms with Gasteiger partial charge in [-0.05, 0) is 41.8 Å². The summed E-state index contributed by atoms with van der Waals surface area (Å²) in [5, 5.41) is 12.2. The molecule has 1 heterocycles. The first kappa shape index (κ1) is 15.8. The van der Waals surface area contributed by atoms with Crippen LogP contribution in [0.4, 0.5) is 0 Å². The topological polar surface area (TPSA) is 50.7 Å². The van der Waals surface area contributed by atoms with Crippen LogP contribution in [0.2, 0.25) is 0 Å². The van der Waals surface area contributed by atoms with Gasteiger partial charge in [0.1, 0.15) is 24.2 Å². The Hall–Kier alpha value is -2.04. The molecule has 4 nitrogen and oxygen atoms in total. The second kappa shape index (κ2) is 7.49. The number of nitrogens with one attached hydrogen (secondary N) is 1. The Kier molecular flexibility index (Phi) is 5.16. The Balaban J connectivity index is 1.49. The number of aliphatic hydroxyl groups excluding tert-OH is 1. The molecule has 1 aliphatic heterocycles. The highest BCUT2D eigenvalue weighted by Crippen LogP contribution is 2.29. The third-order valence-corrected chi connectivity index (χ3v) is 3.90. The summed E-state index contributed by atoms with van der Waals surface area (Å²) in [6, 6.07) is 14.4. The van der Waals surface area contributed by atoms with E-state index in [1.165, 1.54) is 16.7 Å². The first-order chi connectivity index (χ1) is 11.2. The van der Waals surface area contributed by atoms with E-state index in [4.69, 9.17) is 14.6 Å². The molecule has 122 valence electrons. The number of ether oxygens (including phenoxy) is 2. The van der Waals surface area contributed by atoms with E-state index >= 15 is 0 Å². The maximum atomic E-state index is 8.74. The van der Waals surface area contributed by atoms with E-state index in [9.17, 15) is 0 Å². The third kappa shape index (κ3) is 4.24. The van der Waals surface area contributed by atoms with Crippen LogP contribution in [-0.4, -0.2) is 24.4 Å². The molecule has 0 bridgehead atoms. The average molecular weight is 313 g/mol. The molecule has 0 fully saturated rings. The van der Waals surface area contributed by atoms with Crippen molar-refractivity contribution >= 4 is 0 Å². The summed E-state index contributed by atoms with van der Waals surface area (Å²) in [6.07, 6.45) is 1.29. The van der Waals surface area contributed by atoms with Gasteiger partial charge in [-0.1, -0.05) is 24.3 Å². The Morgan fingerprint density at radius 2 is 1.87 bits per heavy atom. The molecule has 1 aliphatic rings. The number of fused-ring (bicyclic) bond motifs is 1. The Morgan fingerprint density at radius 3 is 2.65 bits per heavy atom. The van der Waals surface area contributed by atoms with Crippen molar-refractivity contribution in [2.75, 3.05) is 13.2 Å². The minimum Gasteiger partial charge on any atom is -0.491 e. The fourth-order valence-electron chi connectivity index (χ4n) is 2.80. The third-order valence-electron chi connectivity index (χ3n) is 3.90. The maximum absolute atomic E-state index is 8.74. The Bertz CT molecular complexity index is 640. The lowest BCUT2D eigenvalue weighted by Gasteiger charge is -2.08. The Labute approximate surface area is 137 Å². The molecule has 0 saturated carbocycles. The minimum atomic E-state index is 0.0356. The van der Waals surface area contributed by atoms with Crippen molar-refractivity contribution in [2.45, 2.75) is 32.5 Å². The van der Waals surface area contributed by atoms with Crippen molar-refractivity contribution in [2.24, 2.45) is 0 Å². The van der Waals surface area contributed by atoms with Gasteiger partial charge in [0, 0.05) is 19.5 Å². The van der Waals surface area contributed by atoms with Crippen molar-refractivity contribution in [3.63, 3.8) is 0 Å². The lowest BCUT2D eigenvalue weighted by atomic mass is 10.1. The summed E-state index contributed by atoms with van der Waals surface area (Å²) < 4.78 is 11.1. The van der Waals surface area contributed by atoms with Gasteiger partial charge in [-0.15, -0.1) is 0 Å². The smallest absolute Gasteiger partial charge is 0.123 e. The highest BCUT2D eigenvalue weighted by molar-refractivity contribution is 5.40. The van der Waals surface area contributed by atoms with Crippen LogP contribution in [0.25, 0.3) is 0 Å². The molecule has 0 aliphatic carbocycles. The van der Waals surface area contributed by atoms with Gasteiger partial charge in [0.15, 0.2) is 0 Å². The monoisotopic (exact) mass is 313 g/mol.